The van der Waals surface area contributed by atoms with Crippen LogP contribution in [0.4, 0.5) is 0 Å². The molecular weight excluding hydrogens is 254 g/mol. The molecule has 0 saturated carbocycles. The summed E-state index contributed by atoms with van der Waals surface area (Å²) in [5.41, 5.74) is 0. The number of hydrogen-bond acceptors (Lipinski definition) is 0. The van der Waals surface area contributed by atoms with Crippen molar-refractivity contribution in [3.8, 4) is 0 Å². The van der Waals surface area contributed by atoms with Crippen molar-refractivity contribution in [2.45, 2.75) is 24.2 Å². The molecule has 0 spiro atoms. The number of hydrogen-bond donors (Lipinski definition) is 0. The van der Waals surface area contributed by atoms with Gasteiger partial charge in [-0.2, -0.15) is 0 Å². The molecule has 0 aliphatic rings. The van der Waals surface area contributed by atoms with Gasteiger partial charge in [-0.05, 0) is 0 Å². The molecule has 0 unspecified atom stereocenters. The van der Waals surface area contributed by atoms with Crippen LogP contribution in [0.25, 0.3) is 0 Å². The van der Waals surface area contributed by atoms with Crippen LogP contribution in [0.2, 0.25) is 4.44 Å². The van der Waals surface area contributed by atoms with Gasteiger partial charge in [0, 0.05) is 0 Å². The normalized spacial score (nSPS) is 9.00. The maximum atomic E-state index is 5.63. The van der Waals surface area contributed by atoms with Crippen LogP contribution in [0, 0.1) is 0 Å². The van der Waals surface area contributed by atoms with Gasteiger partial charge >= 0.3 is 59.6 Å². The average molecular weight is 266 g/mol. The van der Waals surface area contributed by atoms with Gasteiger partial charge in [-0.15, -0.1) is 0 Å². The molecule has 0 radical (unpaired) electrons. The van der Waals surface area contributed by atoms with Gasteiger partial charge < -0.3 is 5.48 Å². The van der Waals surface area contributed by atoms with Crippen molar-refractivity contribution in [1.29, 1.82) is 0 Å². The molecule has 8 heavy (non-hydrogen) atoms. The average Bonchev–Trinajstić information content (AvgIpc) is 1.61. The molecule has 0 rings (SSSR count). The summed E-state index contributed by atoms with van der Waals surface area (Å²) in [7, 11) is 11.3. The summed E-state index contributed by atoms with van der Waals surface area (Å²) >= 11 is -1.80. The molecule has 2 N–H and O–H groups in total. The van der Waals surface area contributed by atoms with Crippen LogP contribution < -0.4 is 0 Å². The van der Waals surface area contributed by atoms with Crippen LogP contribution >= 0.6 is 17.8 Å². The van der Waals surface area contributed by atoms with E-state index in [1.807, 2.05) is 0 Å². The van der Waals surface area contributed by atoms with E-state index in [4.69, 9.17) is 17.8 Å². The van der Waals surface area contributed by atoms with E-state index in [0.29, 0.717) is 0 Å². The summed E-state index contributed by atoms with van der Waals surface area (Å²) in [6, 6.07) is 0. The molecule has 0 aliphatic carbocycles. The Morgan fingerprint density at radius 1 is 1.38 bits per heavy atom. The van der Waals surface area contributed by atoms with E-state index in [0.717, 1.165) is 4.44 Å². The minimum Gasteiger partial charge on any atom is -0.412 e. The first-order chi connectivity index (χ1) is 3.27. The summed E-state index contributed by atoms with van der Waals surface area (Å²) < 4.78 is 1.14. The maximum Gasteiger partial charge on any atom is -0.412 e. The Labute approximate surface area is 64.8 Å². The fourth-order valence-corrected chi connectivity index (χ4v) is 4.47. The first-order valence-electron chi connectivity index (χ1n) is 2.55. The number of unbranched alkanes of at least 4 members (excludes halogenated alkanes) is 1. The van der Waals surface area contributed by atoms with Crippen LogP contribution in [0.1, 0.15) is 19.8 Å². The summed E-state index contributed by atoms with van der Waals surface area (Å²) in [6.45, 7) is 2.15. The standard InChI is InChI=1S/C4H9.2ClH.H2O.Sn.H/c1-3-4-2;;;;;/h1,3-4H2,2H3;2*1H;1H2;;/q;;;;+2;/p-2. The van der Waals surface area contributed by atoms with Crippen LogP contribution in [-0.4, -0.2) is 23.0 Å². The van der Waals surface area contributed by atoms with Gasteiger partial charge in [-0.3, -0.25) is 0 Å². The second kappa shape index (κ2) is 8.34. The monoisotopic (exact) mass is 266 g/mol. The van der Waals surface area contributed by atoms with Gasteiger partial charge in [0.05, 0.1) is 0 Å². The summed E-state index contributed by atoms with van der Waals surface area (Å²) in [4.78, 5) is 0. The van der Waals surface area contributed by atoms with Gasteiger partial charge in [0.2, 0.25) is 0 Å². The largest absolute Gasteiger partial charge is 0.412 e. The van der Waals surface area contributed by atoms with Gasteiger partial charge in [-0.25, -0.2) is 0 Å². The predicted molar refractivity (Wildman–Crippen MR) is 42.2 cm³/mol. The molecule has 52 valence electrons. The Morgan fingerprint density at radius 2 is 1.88 bits per heavy atom. The molecule has 0 atom stereocenters. The molecule has 1 nitrogen and oxygen atoms in total. The van der Waals surface area contributed by atoms with E-state index in [2.05, 4.69) is 6.92 Å². The Kier molecular flexibility index (Phi) is 12.6. The molecule has 4 heteroatoms. The first-order valence-corrected chi connectivity index (χ1v) is 13.2. The minimum absolute atomic E-state index is 0. The van der Waals surface area contributed by atoms with Crippen LogP contribution in [0.3, 0.4) is 0 Å². The molecule has 0 bridgehead atoms. The molecule has 0 heterocycles. The third-order valence-electron chi connectivity index (χ3n) is 0.776. The zero-order chi connectivity index (χ0) is 5.70. The van der Waals surface area contributed by atoms with Crippen LogP contribution in [-0.2, 0) is 0 Å². The SMILES string of the molecule is CCC[CH2][SnH]([Cl])[Cl].O. The third-order valence-corrected chi connectivity index (χ3v) is 6.11. The fourth-order valence-electron chi connectivity index (χ4n) is 0.358. The molecule has 0 aliphatic heterocycles. The van der Waals surface area contributed by atoms with E-state index in [-0.39, 0.29) is 5.48 Å². The molecule has 0 fully saturated rings. The third kappa shape index (κ3) is 10.3. The molecular formula is C4H12Cl2OSn. The summed E-state index contributed by atoms with van der Waals surface area (Å²) in [5, 5.41) is 0. The van der Waals surface area contributed by atoms with E-state index in [9.17, 15) is 0 Å². The first kappa shape index (κ1) is 12.1. The Balaban J connectivity index is 0. The zero-order valence-corrected chi connectivity index (χ0v) is 9.76. The fraction of sp³-hybridized carbons (Fsp3) is 1.00. The van der Waals surface area contributed by atoms with E-state index >= 15 is 0 Å². The van der Waals surface area contributed by atoms with Crippen molar-refractivity contribution in [2.24, 2.45) is 0 Å². The van der Waals surface area contributed by atoms with E-state index < -0.39 is 17.5 Å². The topological polar surface area (TPSA) is 31.5 Å². The Hall–Kier alpha value is 1.34. The van der Waals surface area contributed by atoms with Crippen LogP contribution in [0.15, 0.2) is 0 Å². The predicted octanol–water partition coefficient (Wildman–Crippen LogP) is 1.66. The van der Waals surface area contributed by atoms with Crippen molar-refractivity contribution in [3.63, 3.8) is 0 Å². The van der Waals surface area contributed by atoms with E-state index in [1.54, 1.807) is 0 Å². The maximum absolute atomic E-state index is 5.63. The Bertz CT molecular complexity index is 43.0. The van der Waals surface area contributed by atoms with Crippen LogP contribution in [0.5, 0.6) is 0 Å². The number of rotatable bonds is 3. The van der Waals surface area contributed by atoms with Crippen molar-refractivity contribution in [2.75, 3.05) is 0 Å². The smallest absolute Gasteiger partial charge is 0.412 e. The molecule has 0 aromatic rings. The Morgan fingerprint density at radius 3 is 2.00 bits per heavy atom. The van der Waals surface area contributed by atoms with Crippen molar-refractivity contribution < 1.29 is 5.48 Å². The van der Waals surface area contributed by atoms with Crippen molar-refractivity contribution in [1.82, 2.24) is 0 Å². The number of halogens is 2. The summed E-state index contributed by atoms with van der Waals surface area (Å²) in [6.07, 6.45) is 2.46. The quantitative estimate of drug-likeness (QED) is 0.695. The second-order valence-electron chi connectivity index (χ2n) is 1.53. The molecule has 0 aromatic heterocycles. The molecule has 0 aromatic carbocycles. The van der Waals surface area contributed by atoms with Gasteiger partial charge in [0.25, 0.3) is 0 Å². The van der Waals surface area contributed by atoms with Gasteiger partial charge in [0.1, 0.15) is 0 Å². The molecule has 0 saturated heterocycles. The zero-order valence-electron chi connectivity index (χ0n) is 4.95. The minimum atomic E-state index is -1.80. The molecule has 0 amide bonds. The van der Waals surface area contributed by atoms with Gasteiger partial charge in [0.15, 0.2) is 0 Å². The summed E-state index contributed by atoms with van der Waals surface area (Å²) in [5.74, 6) is 0. The van der Waals surface area contributed by atoms with Gasteiger partial charge in [-0.1, -0.05) is 0 Å². The van der Waals surface area contributed by atoms with Crippen molar-refractivity contribution in [3.05, 3.63) is 0 Å². The second-order valence-corrected chi connectivity index (χ2v) is 14.0. The van der Waals surface area contributed by atoms with E-state index in [1.165, 1.54) is 12.8 Å². The van der Waals surface area contributed by atoms with Crippen molar-refractivity contribution >= 4 is 35.3 Å².